The Morgan fingerprint density at radius 2 is 2.00 bits per heavy atom. The van der Waals surface area contributed by atoms with Gasteiger partial charge in [0.15, 0.2) is 0 Å². The molecular formula is C16H19N3O3. The largest absolute Gasteiger partial charge is 0.394 e. The van der Waals surface area contributed by atoms with Crippen LogP contribution in [0.15, 0.2) is 47.3 Å². The van der Waals surface area contributed by atoms with Crippen LogP contribution in [0, 0.1) is 0 Å². The molecule has 0 aliphatic heterocycles. The summed E-state index contributed by atoms with van der Waals surface area (Å²) in [7, 11) is 0. The molecule has 1 aromatic heterocycles. The van der Waals surface area contributed by atoms with E-state index in [1.807, 2.05) is 30.3 Å². The molecule has 2 aromatic rings. The molecule has 0 fully saturated rings. The third-order valence-corrected chi connectivity index (χ3v) is 3.28. The maximum atomic E-state index is 12.2. The van der Waals surface area contributed by atoms with Crippen molar-refractivity contribution >= 4 is 5.91 Å². The van der Waals surface area contributed by atoms with Gasteiger partial charge in [0.2, 0.25) is 0 Å². The highest BCUT2D eigenvalue weighted by Crippen LogP contribution is 2.03. The van der Waals surface area contributed by atoms with Crippen LogP contribution < -0.4 is 10.9 Å². The standard InChI is InChI=1S/C16H19N3O3/c1-2-19-15(21)9-8-14(18-19)16(22)17-13(11-20)10-12-6-4-3-5-7-12/h3-9,13,20H,2,10-11H2,1H3,(H,17,22). The number of carbonyl (C=O) groups is 1. The Balaban J connectivity index is 2.07. The average molecular weight is 301 g/mol. The van der Waals surface area contributed by atoms with Crippen molar-refractivity contribution in [1.29, 1.82) is 0 Å². The Hall–Kier alpha value is -2.47. The first-order chi connectivity index (χ1) is 10.6. The molecule has 0 aliphatic carbocycles. The van der Waals surface area contributed by atoms with E-state index in [1.165, 1.54) is 16.8 Å². The molecule has 0 saturated heterocycles. The second kappa shape index (κ2) is 7.51. The first kappa shape index (κ1) is 15.9. The summed E-state index contributed by atoms with van der Waals surface area (Å²) in [6, 6.07) is 11.9. The van der Waals surface area contributed by atoms with Crippen LogP contribution >= 0.6 is 0 Å². The van der Waals surface area contributed by atoms with Crippen LogP contribution in [0.25, 0.3) is 0 Å². The first-order valence-corrected chi connectivity index (χ1v) is 7.18. The number of aromatic nitrogens is 2. The zero-order chi connectivity index (χ0) is 15.9. The number of aryl methyl sites for hydroxylation is 1. The van der Waals surface area contributed by atoms with Crippen molar-refractivity contribution in [2.24, 2.45) is 0 Å². The number of hydrogen-bond donors (Lipinski definition) is 2. The lowest BCUT2D eigenvalue weighted by Gasteiger charge is -2.16. The van der Waals surface area contributed by atoms with Gasteiger partial charge in [-0.3, -0.25) is 9.59 Å². The van der Waals surface area contributed by atoms with Gasteiger partial charge in [0.05, 0.1) is 12.6 Å². The Bertz CT molecular complexity index is 683. The van der Waals surface area contributed by atoms with E-state index in [1.54, 1.807) is 6.92 Å². The minimum atomic E-state index is -0.405. The summed E-state index contributed by atoms with van der Waals surface area (Å²) < 4.78 is 1.22. The van der Waals surface area contributed by atoms with E-state index in [-0.39, 0.29) is 17.9 Å². The van der Waals surface area contributed by atoms with Gasteiger partial charge in [0, 0.05) is 12.6 Å². The quantitative estimate of drug-likeness (QED) is 0.818. The molecular weight excluding hydrogens is 282 g/mol. The maximum absolute atomic E-state index is 12.2. The van der Waals surface area contributed by atoms with E-state index < -0.39 is 11.9 Å². The van der Waals surface area contributed by atoms with Crippen LogP contribution in [0.2, 0.25) is 0 Å². The number of aliphatic hydroxyl groups excluding tert-OH is 1. The predicted molar refractivity (Wildman–Crippen MR) is 82.7 cm³/mol. The van der Waals surface area contributed by atoms with E-state index in [9.17, 15) is 14.7 Å². The summed E-state index contributed by atoms with van der Waals surface area (Å²) in [6.45, 7) is 2.00. The number of benzene rings is 1. The lowest BCUT2D eigenvalue weighted by atomic mass is 10.1. The summed E-state index contributed by atoms with van der Waals surface area (Å²) >= 11 is 0. The number of amides is 1. The zero-order valence-corrected chi connectivity index (χ0v) is 12.4. The maximum Gasteiger partial charge on any atom is 0.272 e. The molecule has 0 aliphatic rings. The van der Waals surface area contributed by atoms with Crippen LogP contribution in [0.1, 0.15) is 23.0 Å². The van der Waals surface area contributed by atoms with Crippen molar-refractivity contribution in [2.75, 3.05) is 6.61 Å². The topological polar surface area (TPSA) is 84.2 Å². The van der Waals surface area contributed by atoms with E-state index in [0.29, 0.717) is 13.0 Å². The van der Waals surface area contributed by atoms with Crippen LogP contribution in [0.3, 0.4) is 0 Å². The molecule has 6 heteroatoms. The highest BCUT2D eigenvalue weighted by molar-refractivity contribution is 5.92. The van der Waals surface area contributed by atoms with Crippen LogP contribution in [-0.4, -0.2) is 33.4 Å². The third kappa shape index (κ3) is 4.02. The van der Waals surface area contributed by atoms with Crippen molar-refractivity contribution < 1.29 is 9.90 Å². The van der Waals surface area contributed by atoms with Gasteiger partial charge in [0.25, 0.3) is 11.5 Å². The molecule has 116 valence electrons. The molecule has 0 saturated carbocycles. The molecule has 2 rings (SSSR count). The third-order valence-electron chi connectivity index (χ3n) is 3.28. The number of aliphatic hydroxyl groups is 1. The fourth-order valence-electron chi connectivity index (χ4n) is 2.12. The molecule has 0 radical (unpaired) electrons. The SMILES string of the molecule is CCn1nc(C(=O)NC(CO)Cc2ccccc2)ccc1=O. The number of rotatable bonds is 6. The normalized spacial score (nSPS) is 11.9. The molecule has 2 N–H and O–H groups in total. The van der Waals surface area contributed by atoms with Crippen molar-refractivity contribution in [3.05, 3.63) is 64.1 Å². The second-order valence-corrected chi connectivity index (χ2v) is 4.92. The van der Waals surface area contributed by atoms with E-state index >= 15 is 0 Å². The average Bonchev–Trinajstić information content (AvgIpc) is 2.55. The monoisotopic (exact) mass is 301 g/mol. The van der Waals surface area contributed by atoms with Gasteiger partial charge >= 0.3 is 0 Å². The molecule has 22 heavy (non-hydrogen) atoms. The van der Waals surface area contributed by atoms with Crippen molar-refractivity contribution in [1.82, 2.24) is 15.1 Å². The molecule has 1 aromatic carbocycles. The van der Waals surface area contributed by atoms with Crippen LogP contribution in [0.4, 0.5) is 0 Å². The summed E-state index contributed by atoms with van der Waals surface area (Å²) in [6.07, 6.45) is 0.524. The van der Waals surface area contributed by atoms with Gasteiger partial charge in [-0.15, -0.1) is 0 Å². The van der Waals surface area contributed by atoms with Gasteiger partial charge < -0.3 is 10.4 Å². The lowest BCUT2D eigenvalue weighted by Crippen LogP contribution is -2.40. The van der Waals surface area contributed by atoms with Gasteiger partial charge in [0.1, 0.15) is 5.69 Å². The van der Waals surface area contributed by atoms with Gasteiger partial charge in [-0.1, -0.05) is 30.3 Å². The Morgan fingerprint density at radius 1 is 1.27 bits per heavy atom. The number of nitrogens with one attached hydrogen (secondary N) is 1. The minimum absolute atomic E-state index is 0.160. The smallest absolute Gasteiger partial charge is 0.272 e. The molecule has 1 amide bonds. The molecule has 1 heterocycles. The lowest BCUT2D eigenvalue weighted by molar-refractivity contribution is 0.0909. The minimum Gasteiger partial charge on any atom is -0.394 e. The molecule has 1 unspecified atom stereocenters. The van der Waals surface area contributed by atoms with Crippen molar-refractivity contribution in [3.8, 4) is 0 Å². The molecule has 0 spiro atoms. The van der Waals surface area contributed by atoms with E-state index in [4.69, 9.17) is 0 Å². The first-order valence-electron chi connectivity index (χ1n) is 7.18. The Labute approximate surface area is 128 Å². The number of hydrogen-bond acceptors (Lipinski definition) is 4. The van der Waals surface area contributed by atoms with Crippen LogP contribution in [-0.2, 0) is 13.0 Å². The van der Waals surface area contributed by atoms with Gasteiger partial charge in [-0.25, -0.2) is 4.68 Å². The molecule has 6 nitrogen and oxygen atoms in total. The fourth-order valence-corrected chi connectivity index (χ4v) is 2.12. The van der Waals surface area contributed by atoms with Crippen molar-refractivity contribution in [2.45, 2.75) is 25.9 Å². The van der Waals surface area contributed by atoms with Crippen molar-refractivity contribution in [3.63, 3.8) is 0 Å². The molecule has 1 atom stereocenters. The Kier molecular flexibility index (Phi) is 5.43. The Morgan fingerprint density at radius 3 is 2.64 bits per heavy atom. The summed E-state index contributed by atoms with van der Waals surface area (Å²) in [5, 5.41) is 16.2. The highest BCUT2D eigenvalue weighted by atomic mass is 16.3. The highest BCUT2D eigenvalue weighted by Gasteiger charge is 2.15. The van der Waals surface area contributed by atoms with E-state index in [2.05, 4.69) is 10.4 Å². The number of carbonyl (C=O) groups excluding carboxylic acids is 1. The van der Waals surface area contributed by atoms with Gasteiger partial charge in [-0.2, -0.15) is 5.10 Å². The summed E-state index contributed by atoms with van der Waals surface area (Å²) in [5.41, 5.74) is 0.934. The summed E-state index contributed by atoms with van der Waals surface area (Å²) in [5.74, 6) is -0.405. The predicted octanol–water partition coefficient (Wildman–Crippen LogP) is 0.597. The van der Waals surface area contributed by atoms with Crippen LogP contribution in [0.5, 0.6) is 0 Å². The van der Waals surface area contributed by atoms with Gasteiger partial charge in [-0.05, 0) is 25.0 Å². The fraction of sp³-hybridized carbons (Fsp3) is 0.312. The molecule has 0 bridgehead atoms. The zero-order valence-electron chi connectivity index (χ0n) is 12.4. The summed E-state index contributed by atoms with van der Waals surface area (Å²) in [4.78, 5) is 23.7. The second-order valence-electron chi connectivity index (χ2n) is 4.92. The van der Waals surface area contributed by atoms with E-state index in [0.717, 1.165) is 5.56 Å². The number of nitrogens with zero attached hydrogens (tertiary/aromatic N) is 2.